The van der Waals surface area contributed by atoms with E-state index in [1.54, 1.807) is 34.2 Å². The minimum atomic E-state index is -1.07. The van der Waals surface area contributed by atoms with Gasteiger partial charge in [0.25, 0.3) is 11.5 Å². The second-order valence-electron chi connectivity index (χ2n) is 8.02. The first-order valence-corrected chi connectivity index (χ1v) is 12.4. The highest BCUT2D eigenvalue weighted by Crippen LogP contribution is 2.30. The van der Waals surface area contributed by atoms with E-state index in [1.807, 2.05) is 0 Å². The Morgan fingerprint density at radius 1 is 1.14 bits per heavy atom. The van der Waals surface area contributed by atoms with Gasteiger partial charge in [-0.1, -0.05) is 29.3 Å². The molecule has 0 aliphatic carbocycles. The van der Waals surface area contributed by atoms with Crippen molar-refractivity contribution in [2.45, 2.75) is 32.4 Å². The molecular weight excluding hydrogens is 511 g/mol. The second-order valence-corrected chi connectivity index (χ2v) is 9.70. The molecule has 0 fully saturated rings. The molecule has 1 unspecified atom stereocenters. The van der Waals surface area contributed by atoms with E-state index in [-0.39, 0.29) is 11.1 Å². The SMILES string of the molecule is CC(OC(=O)c1ccc2c(=O)n3c(nc2c1)CCC3)C(=O)Nc1nc(-c2ccc(Cl)c(Cl)c2)cs1. The summed E-state index contributed by atoms with van der Waals surface area (Å²) < 4.78 is 7.01. The summed E-state index contributed by atoms with van der Waals surface area (Å²) in [4.78, 5) is 46.8. The summed E-state index contributed by atoms with van der Waals surface area (Å²) in [5.41, 5.74) is 1.92. The number of aryl methyl sites for hydroxylation is 1. The number of amides is 1. The number of thiazole rings is 1. The molecule has 0 saturated carbocycles. The number of anilines is 1. The largest absolute Gasteiger partial charge is 0.449 e. The Bertz CT molecular complexity index is 1550. The third-order valence-electron chi connectivity index (χ3n) is 5.65. The first-order valence-electron chi connectivity index (χ1n) is 10.8. The van der Waals surface area contributed by atoms with Crippen LogP contribution in [-0.2, 0) is 22.5 Å². The Hall–Kier alpha value is -3.27. The summed E-state index contributed by atoms with van der Waals surface area (Å²) in [6, 6.07) is 9.73. The van der Waals surface area contributed by atoms with Crippen molar-refractivity contribution in [1.82, 2.24) is 14.5 Å². The Balaban J connectivity index is 1.26. The summed E-state index contributed by atoms with van der Waals surface area (Å²) in [5, 5.41) is 6.06. The lowest BCUT2D eigenvalue weighted by molar-refractivity contribution is -0.123. The minimum absolute atomic E-state index is 0.112. The summed E-state index contributed by atoms with van der Waals surface area (Å²) in [5.74, 6) is -0.500. The Morgan fingerprint density at radius 3 is 2.77 bits per heavy atom. The number of nitrogens with zero attached hydrogens (tertiary/aromatic N) is 3. The van der Waals surface area contributed by atoms with Crippen LogP contribution < -0.4 is 10.9 Å². The van der Waals surface area contributed by atoms with E-state index < -0.39 is 18.0 Å². The molecule has 11 heteroatoms. The predicted octanol–water partition coefficient (Wildman–Crippen LogP) is 4.96. The van der Waals surface area contributed by atoms with Crippen molar-refractivity contribution < 1.29 is 14.3 Å². The highest BCUT2D eigenvalue weighted by molar-refractivity contribution is 7.14. The lowest BCUT2D eigenvalue weighted by Gasteiger charge is -2.13. The summed E-state index contributed by atoms with van der Waals surface area (Å²) in [6.45, 7) is 2.13. The van der Waals surface area contributed by atoms with E-state index in [2.05, 4.69) is 15.3 Å². The van der Waals surface area contributed by atoms with E-state index >= 15 is 0 Å². The van der Waals surface area contributed by atoms with Gasteiger partial charge in [0.2, 0.25) is 0 Å². The van der Waals surface area contributed by atoms with Gasteiger partial charge in [-0.2, -0.15) is 0 Å². The molecule has 0 bridgehead atoms. The molecule has 0 radical (unpaired) electrons. The summed E-state index contributed by atoms with van der Waals surface area (Å²) in [7, 11) is 0. The Morgan fingerprint density at radius 2 is 1.97 bits per heavy atom. The lowest BCUT2D eigenvalue weighted by Crippen LogP contribution is -2.30. The van der Waals surface area contributed by atoms with Gasteiger partial charge < -0.3 is 4.74 Å². The Kier molecular flexibility index (Phi) is 6.31. The minimum Gasteiger partial charge on any atom is -0.449 e. The molecule has 8 nitrogen and oxygen atoms in total. The van der Waals surface area contributed by atoms with Gasteiger partial charge in [-0.05, 0) is 43.7 Å². The van der Waals surface area contributed by atoms with Crippen LogP contribution in [0.4, 0.5) is 5.13 Å². The van der Waals surface area contributed by atoms with Crippen molar-refractivity contribution in [3.8, 4) is 11.3 Å². The lowest BCUT2D eigenvalue weighted by atomic mass is 10.1. The number of hydrogen-bond acceptors (Lipinski definition) is 7. The molecule has 5 rings (SSSR count). The number of benzene rings is 2. The zero-order chi connectivity index (χ0) is 24.7. The maximum absolute atomic E-state index is 12.7. The normalized spacial score (nSPS) is 13.5. The molecule has 1 amide bonds. The molecule has 178 valence electrons. The smallest absolute Gasteiger partial charge is 0.338 e. The number of nitrogens with one attached hydrogen (secondary N) is 1. The van der Waals surface area contributed by atoms with E-state index in [0.29, 0.717) is 44.1 Å². The molecule has 1 atom stereocenters. The average Bonchev–Trinajstić information content (AvgIpc) is 3.50. The molecule has 3 heterocycles. The van der Waals surface area contributed by atoms with Crippen LogP contribution in [0.15, 0.2) is 46.6 Å². The van der Waals surface area contributed by atoms with E-state index in [0.717, 1.165) is 18.4 Å². The monoisotopic (exact) mass is 528 g/mol. The molecular formula is C24H18Cl2N4O4S. The van der Waals surface area contributed by atoms with Crippen LogP contribution in [0.25, 0.3) is 22.2 Å². The van der Waals surface area contributed by atoms with Crippen molar-refractivity contribution in [3.05, 3.63) is 73.6 Å². The number of carbonyl (C=O) groups excluding carboxylic acids is 2. The van der Waals surface area contributed by atoms with Gasteiger partial charge in [0.05, 0.1) is 32.2 Å². The van der Waals surface area contributed by atoms with Gasteiger partial charge in [0.1, 0.15) is 5.82 Å². The topological polar surface area (TPSA) is 103 Å². The van der Waals surface area contributed by atoms with Crippen LogP contribution in [0.3, 0.4) is 0 Å². The molecule has 0 spiro atoms. The van der Waals surface area contributed by atoms with Crippen LogP contribution in [0.2, 0.25) is 10.0 Å². The highest BCUT2D eigenvalue weighted by Gasteiger charge is 2.22. The molecule has 0 saturated heterocycles. The first kappa shape index (κ1) is 23.5. The molecule has 2 aromatic heterocycles. The van der Waals surface area contributed by atoms with E-state index in [1.165, 1.54) is 30.4 Å². The zero-order valence-corrected chi connectivity index (χ0v) is 20.7. The van der Waals surface area contributed by atoms with Crippen molar-refractivity contribution in [1.29, 1.82) is 0 Å². The molecule has 1 N–H and O–H groups in total. The number of rotatable bonds is 5. The molecule has 2 aromatic carbocycles. The van der Waals surface area contributed by atoms with Gasteiger partial charge in [0.15, 0.2) is 11.2 Å². The zero-order valence-electron chi connectivity index (χ0n) is 18.4. The third-order valence-corrected chi connectivity index (χ3v) is 7.15. The number of halogens is 2. The van der Waals surface area contributed by atoms with Gasteiger partial charge in [-0.15, -0.1) is 11.3 Å². The molecule has 1 aliphatic rings. The second kappa shape index (κ2) is 9.41. The molecule has 4 aromatic rings. The van der Waals surface area contributed by atoms with Crippen molar-refractivity contribution in [2.75, 3.05) is 5.32 Å². The number of carbonyl (C=O) groups is 2. The van der Waals surface area contributed by atoms with Crippen LogP contribution in [0.5, 0.6) is 0 Å². The van der Waals surface area contributed by atoms with Crippen molar-refractivity contribution in [2.24, 2.45) is 0 Å². The van der Waals surface area contributed by atoms with Crippen LogP contribution >= 0.6 is 34.5 Å². The predicted molar refractivity (Wildman–Crippen MR) is 135 cm³/mol. The average molecular weight is 529 g/mol. The van der Waals surface area contributed by atoms with E-state index in [9.17, 15) is 14.4 Å². The number of ether oxygens (including phenoxy) is 1. The summed E-state index contributed by atoms with van der Waals surface area (Å²) in [6.07, 6.45) is 0.517. The highest BCUT2D eigenvalue weighted by atomic mass is 35.5. The van der Waals surface area contributed by atoms with Gasteiger partial charge >= 0.3 is 5.97 Å². The van der Waals surface area contributed by atoms with E-state index in [4.69, 9.17) is 27.9 Å². The van der Waals surface area contributed by atoms with Crippen LogP contribution in [0.1, 0.15) is 29.5 Å². The maximum Gasteiger partial charge on any atom is 0.338 e. The van der Waals surface area contributed by atoms with Crippen molar-refractivity contribution >= 4 is 62.4 Å². The Labute approximate surface area is 213 Å². The standard InChI is InChI=1S/C24H18Cl2N4O4S/c1-12(21(31)29-24-28-19(11-35-24)13-5-7-16(25)17(26)9-13)34-23(33)14-4-6-15-18(10-14)27-20-3-2-8-30(20)22(15)32/h4-7,9-12H,2-3,8H2,1H3,(H,28,29,31). The maximum atomic E-state index is 12.7. The quantitative estimate of drug-likeness (QED) is 0.367. The fourth-order valence-corrected chi connectivity index (χ4v) is 4.84. The number of hydrogen-bond donors (Lipinski definition) is 1. The fourth-order valence-electron chi connectivity index (χ4n) is 3.82. The van der Waals surface area contributed by atoms with Gasteiger partial charge in [-0.3, -0.25) is 19.5 Å². The van der Waals surface area contributed by atoms with Crippen LogP contribution in [0, 0.1) is 0 Å². The van der Waals surface area contributed by atoms with Crippen molar-refractivity contribution in [3.63, 3.8) is 0 Å². The van der Waals surface area contributed by atoms with Crippen LogP contribution in [-0.4, -0.2) is 32.5 Å². The molecule has 35 heavy (non-hydrogen) atoms. The first-order chi connectivity index (χ1) is 16.8. The number of esters is 1. The third kappa shape index (κ3) is 4.67. The van der Waals surface area contributed by atoms with Gasteiger partial charge in [-0.25, -0.2) is 14.8 Å². The number of aromatic nitrogens is 3. The summed E-state index contributed by atoms with van der Waals surface area (Å²) >= 11 is 13.2. The fraction of sp³-hybridized carbons (Fsp3) is 0.208. The van der Waals surface area contributed by atoms with Gasteiger partial charge in [0, 0.05) is 23.9 Å². The number of fused-ring (bicyclic) bond motifs is 2. The molecule has 1 aliphatic heterocycles.